The Morgan fingerprint density at radius 3 is 2.83 bits per heavy atom. The highest BCUT2D eigenvalue weighted by molar-refractivity contribution is 5.43. The summed E-state index contributed by atoms with van der Waals surface area (Å²) in [6.45, 7) is 4.71. The number of nitrogens with one attached hydrogen (secondary N) is 2. The number of H-pyrrole nitrogens is 1. The van der Waals surface area contributed by atoms with E-state index in [1.54, 1.807) is 0 Å². The molecule has 0 atom stereocenters. The summed E-state index contributed by atoms with van der Waals surface area (Å²) in [7, 11) is 2.04. The van der Waals surface area contributed by atoms with Gasteiger partial charge in [0.1, 0.15) is 0 Å². The number of hydrogen-bond donors (Lipinski definition) is 2. The zero-order valence-electron chi connectivity index (χ0n) is 17.6. The molecule has 0 unspecified atom stereocenters. The molecule has 0 spiro atoms. The first kappa shape index (κ1) is 18.9. The van der Waals surface area contributed by atoms with Crippen LogP contribution in [-0.2, 0) is 6.42 Å². The first-order chi connectivity index (χ1) is 14.2. The lowest BCUT2D eigenvalue weighted by Crippen LogP contribution is -2.41. The lowest BCUT2D eigenvalue weighted by Gasteiger charge is -2.36. The average molecular weight is 397 g/mol. The summed E-state index contributed by atoms with van der Waals surface area (Å²) in [6, 6.07) is 4.77. The molecule has 2 N–H and O–H groups in total. The number of aromatic amines is 1. The van der Waals surface area contributed by atoms with Crippen LogP contribution in [0.25, 0.3) is 0 Å². The highest BCUT2D eigenvalue weighted by Crippen LogP contribution is 2.52. The summed E-state index contributed by atoms with van der Waals surface area (Å²) < 4.78 is 5.78. The summed E-state index contributed by atoms with van der Waals surface area (Å²) in [5.41, 5.74) is 3.72. The van der Waals surface area contributed by atoms with Crippen molar-refractivity contribution in [3.05, 3.63) is 29.2 Å². The first-order valence-electron chi connectivity index (χ1n) is 11.1. The van der Waals surface area contributed by atoms with Crippen molar-refractivity contribution < 1.29 is 4.74 Å². The van der Waals surface area contributed by atoms with Gasteiger partial charge in [-0.05, 0) is 45.7 Å². The van der Waals surface area contributed by atoms with Crippen LogP contribution >= 0.6 is 0 Å². The van der Waals surface area contributed by atoms with Crippen LogP contribution in [0.4, 0.5) is 5.95 Å². The maximum Gasteiger partial charge on any atom is 0.229 e. The second-order valence-corrected chi connectivity index (χ2v) is 9.13. The normalized spacial score (nSPS) is 26.1. The van der Waals surface area contributed by atoms with Crippen molar-refractivity contribution in [1.82, 2.24) is 25.5 Å². The van der Waals surface area contributed by atoms with E-state index in [1.807, 2.05) is 20.0 Å². The Morgan fingerprint density at radius 2 is 2.07 bits per heavy atom. The van der Waals surface area contributed by atoms with Crippen LogP contribution in [0.3, 0.4) is 0 Å². The van der Waals surface area contributed by atoms with E-state index >= 15 is 0 Å². The highest BCUT2D eigenvalue weighted by atomic mass is 16.5. The largest absolute Gasteiger partial charge is 0.478 e. The Morgan fingerprint density at radius 1 is 1.24 bits per heavy atom. The minimum Gasteiger partial charge on any atom is -0.478 e. The summed E-state index contributed by atoms with van der Waals surface area (Å²) in [5.74, 6) is 2.12. The molecule has 7 heteroatoms. The molecular weight excluding hydrogens is 364 g/mol. The number of ether oxygens (including phenoxy) is 1. The second kappa shape index (κ2) is 7.59. The Hall–Kier alpha value is -2.15. The van der Waals surface area contributed by atoms with Crippen LogP contribution in [0.15, 0.2) is 12.1 Å². The molecule has 29 heavy (non-hydrogen) atoms. The second-order valence-electron chi connectivity index (χ2n) is 9.13. The molecule has 0 aromatic carbocycles. The molecule has 2 aliphatic carbocycles. The SMILES string of the molecule is CCOc1cc(Cc2cc(C3CCCC3)n[nH]2)nc(N2CC3(CNC)CC2C3)n1. The van der Waals surface area contributed by atoms with Crippen LogP contribution in [-0.4, -0.2) is 53.0 Å². The molecule has 0 radical (unpaired) electrons. The average Bonchev–Trinajstić information content (AvgIpc) is 3.45. The van der Waals surface area contributed by atoms with E-state index in [0.717, 1.165) is 36.8 Å². The third kappa shape index (κ3) is 3.61. The van der Waals surface area contributed by atoms with E-state index in [1.165, 1.54) is 44.2 Å². The summed E-state index contributed by atoms with van der Waals surface area (Å²) >= 11 is 0. The van der Waals surface area contributed by atoms with Gasteiger partial charge in [0, 0.05) is 48.6 Å². The van der Waals surface area contributed by atoms with E-state index in [9.17, 15) is 0 Å². The smallest absolute Gasteiger partial charge is 0.229 e. The zero-order valence-corrected chi connectivity index (χ0v) is 17.6. The Kier molecular flexibility index (Phi) is 4.94. The van der Waals surface area contributed by atoms with Crippen molar-refractivity contribution in [2.24, 2.45) is 5.41 Å². The topological polar surface area (TPSA) is 79.0 Å². The van der Waals surface area contributed by atoms with Gasteiger partial charge in [-0.15, -0.1) is 0 Å². The summed E-state index contributed by atoms with van der Waals surface area (Å²) in [6.07, 6.45) is 8.38. The number of aromatic nitrogens is 4. The van der Waals surface area contributed by atoms with Crippen molar-refractivity contribution in [1.29, 1.82) is 0 Å². The van der Waals surface area contributed by atoms with E-state index < -0.39 is 0 Å². The molecule has 6 rings (SSSR count). The molecule has 156 valence electrons. The molecule has 4 heterocycles. The summed E-state index contributed by atoms with van der Waals surface area (Å²) in [5, 5.41) is 11.2. The standard InChI is InChI=1S/C22H32N6O/c1-3-29-20-10-16(8-17-9-19(27-26-17)15-6-4-5-7-15)24-21(25-20)28-14-22(13-23-2)11-18(28)12-22/h9-10,15,18,23H,3-8,11-14H2,1-2H3,(H,26,27). The molecule has 2 aromatic rings. The van der Waals surface area contributed by atoms with Gasteiger partial charge >= 0.3 is 0 Å². The lowest BCUT2D eigenvalue weighted by molar-refractivity contribution is 0.196. The van der Waals surface area contributed by atoms with E-state index in [0.29, 0.717) is 29.9 Å². The minimum atomic E-state index is 0.393. The van der Waals surface area contributed by atoms with Gasteiger partial charge in [0.2, 0.25) is 11.8 Å². The number of anilines is 1. The molecule has 4 fully saturated rings. The maximum absolute atomic E-state index is 5.78. The highest BCUT2D eigenvalue weighted by Gasteiger charge is 2.55. The van der Waals surface area contributed by atoms with Gasteiger partial charge in [-0.25, -0.2) is 4.98 Å². The molecule has 0 amide bonds. The number of nitrogens with zero attached hydrogens (tertiary/aromatic N) is 4. The van der Waals surface area contributed by atoms with E-state index in [4.69, 9.17) is 14.7 Å². The van der Waals surface area contributed by atoms with Crippen molar-refractivity contribution >= 4 is 5.95 Å². The van der Waals surface area contributed by atoms with Gasteiger partial charge in [-0.3, -0.25) is 5.10 Å². The third-order valence-corrected chi connectivity index (χ3v) is 6.92. The predicted octanol–water partition coefficient (Wildman–Crippen LogP) is 3.04. The van der Waals surface area contributed by atoms with Crippen molar-refractivity contribution in [2.45, 2.75) is 63.8 Å². The Balaban J connectivity index is 1.36. The van der Waals surface area contributed by atoms with E-state index in [-0.39, 0.29) is 0 Å². The fraction of sp³-hybridized carbons (Fsp3) is 0.682. The van der Waals surface area contributed by atoms with Crippen molar-refractivity contribution in [3.63, 3.8) is 0 Å². The van der Waals surface area contributed by atoms with Gasteiger partial charge in [0.05, 0.1) is 18.0 Å². The number of rotatable bonds is 8. The molecular formula is C22H32N6O. The number of hydrogen-bond acceptors (Lipinski definition) is 6. The van der Waals surface area contributed by atoms with Crippen molar-refractivity contribution in [3.8, 4) is 5.88 Å². The molecule has 2 aromatic heterocycles. The van der Waals surface area contributed by atoms with Crippen LogP contribution in [0.2, 0.25) is 0 Å². The summed E-state index contributed by atoms with van der Waals surface area (Å²) in [4.78, 5) is 12.1. The molecule has 2 saturated carbocycles. The van der Waals surface area contributed by atoms with Gasteiger partial charge < -0.3 is 15.0 Å². The van der Waals surface area contributed by atoms with Crippen LogP contribution in [0, 0.1) is 5.41 Å². The molecule has 4 aliphatic rings. The first-order valence-corrected chi connectivity index (χ1v) is 11.1. The Bertz CT molecular complexity index is 853. The Labute approximate surface area is 172 Å². The van der Waals surface area contributed by atoms with E-state index in [2.05, 4.69) is 26.5 Å². The predicted molar refractivity (Wildman–Crippen MR) is 113 cm³/mol. The maximum atomic E-state index is 5.78. The quantitative estimate of drug-likeness (QED) is 0.714. The van der Waals surface area contributed by atoms with Gasteiger partial charge in [0.15, 0.2) is 0 Å². The van der Waals surface area contributed by atoms with Crippen LogP contribution in [0.5, 0.6) is 5.88 Å². The fourth-order valence-electron chi connectivity index (χ4n) is 5.58. The fourth-order valence-corrected chi connectivity index (χ4v) is 5.58. The van der Waals surface area contributed by atoms with Gasteiger partial charge in [-0.1, -0.05) is 12.8 Å². The number of fused-ring (bicyclic) bond motifs is 1. The monoisotopic (exact) mass is 396 g/mol. The molecule has 7 nitrogen and oxygen atoms in total. The van der Waals surface area contributed by atoms with Gasteiger partial charge in [-0.2, -0.15) is 10.1 Å². The van der Waals surface area contributed by atoms with Crippen LogP contribution in [0.1, 0.15) is 68.4 Å². The van der Waals surface area contributed by atoms with Gasteiger partial charge in [0.25, 0.3) is 0 Å². The molecule has 2 bridgehead atoms. The molecule has 2 aliphatic heterocycles. The molecule has 2 saturated heterocycles. The van der Waals surface area contributed by atoms with Crippen molar-refractivity contribution in [2.75, 3.05) is 31.6 Å². The third-order valence-electron chi connectivity index (χ3n) is 6.92. The van der Waals surface area contributed by atoms with Crippen LogP contribution < -0.4 is 15.0 Å². The lowest BCUT2D eigenvalue weighted by atomic mass is 9.70. The zero-order chi connectivity index (χ0) is 19.8. The minimum absolute atomic E-state index is 0.393.